The predicted octanol–water partition coefficient (Wildman–Crippen LogP) is 5.30. The van der Waals surface area contributed by atoms with Gasteiger partial charge in [-0.15, -0.1) is 0 Å². The predicted molar refractivity (Wildman–Crippen MR) is 153 cm³/mol. The Labute approximate surface area is 226 Å². The van der Waals surface area contributed by atoms with Gasteiger partial charge in [0.25, 0.3) is 11.5 Å². The number of nitrogens with two attached hydrogens (primary N) is 1. The van der Waals surface area contributed by atoms with Crippen molar-refractivity contribution in [3.8, 4) is 0 Å². The van der Waals surface area contributed by atoms with E-state index in [0.717, 1.165) is 16.5 Å². The maximum absolute atomic E-state index is 14.1. The maximum atomic E-state index is 14.1. The lowest BCUT2D eigenvalue weighted by molar-refractivity contribution is 0.0401. The lowest BCUT2D eigenvalue weighted by Crippen LogP contribution is -2.49. The second kappa shape index (κ2) is 10.2. The molecule has 0 saturated carbocycles. The first-order valence-electron chi connectivity index (χ1n) is 13.5. The molecule has 1 aliphatic rings. The summed E-state index contributed by atoms with van der Waals surface area (Å²) in [5.74, 6) is 0.901. The number of carbonyl (C=O) groups is 1. The molecular formula is C32H32N4O3. The average molecular weight is 521 g/mol. The summed E-state index contributed by atoms with van der Waals surface area (Å²) in [6, 6.07) is 24.6. The van der Waals surface area contributed by atoms with E-state index in [1.165, 1.54) is 0 Å². The fourth-order valence-corrected chi connectivity index (χ4v) is 5.73. The normalized spacial score (nSPS) is 19.6. The summed E-state index contributed by atoms with van der Waals surface area (Å²) in [7, 11) is 0. The van der Waals surface area contributed by atoms with Crippen LogP contribution in [0, 0.1) is 18.8 Å². The number of benzene rings is 3. The van der Waals surface area contributed by atoms with E-state index in [1.54, 1.807) is 4.57 Å². The molecule has 39 heavy (non-hydrogen) atoms. The summed E-state index contributed by atoms with van der Waals surface area (Å²) in [6.07, 6.45) is 0.655. The lowest BCUT2D eigenvalue weighted by atomic mass is 9.82. The van der Waals surface area contributed by atoms with Gasteiger partial charge in [0.15, 0.2) is 0 Å². The molecule has 6 rings (SSSR count). The number of carbonyl (C=O) groups excluding carboxylic acids is 1. The van der Waals surface area contributed by atoms with Crippen LogP contribution in [-0.4, -0.2) is 33.4 Å². The number of piperidine rings is 1. The van der Waals surface area contributed by atoms with E-state index < -0.39 is 6.04 Å². The van der Waals surface area contributed by atoms with Crippen molar-refractivity contribution in [2.24, 2.45) is 17.6 Å². The van der Waals surface area contributed by atoms with Crippen LogP contribution in [0.2, 0.25) is 0 Å². The SMILES string of the molecule is Cc1ccc(C(=O)N2CC(CN)C(C)CC2c2nc3c(oc4ccccc43)c(=O)n2Cc2ccccc2)cc1. The van der Waals surface area contributed by atoms with Gasteiger partial charge in [0.2, 0.25) is 5.58 Å². The van der Waals surface area contributed by atoms with Crippen LogP contribution in [0.25, 0.3) is 22.1 Å². The van der Waals surface area contributed by atoms with Crippen molar-refractivity contribution in [3.05, 3.63) is 112 Å². The third kappa shape index (κ3) is 4.53. The zero-order valence-corrected chi connectivity index (χ0v) is 22.2. The summed E-state index contributed by atoms with van der Waals surface area (Å²) in [5, 5.41) is 0.790. The van der Waals surface area contributed by atoms with E-state index in [9.17, 15) is 9.59 Å². The number of aromatic nitrogens is 2. The largest absolute Gasteiger partial charge is 0.448 e. The molecule has 3 atom stereocenters. The Bertz CT molecular complexity index is 1710. The van der Waals surface area contributed by atoms with E-state index in [1.807, 2.05) is 90.7 Å². The number of amides is 1. The monoisotopic (exact) mass is 520 g/mol. The fourth-order valence-electron chi connectivity index (χ4n) is 5.73. The topological polar surface area (TPSA) is 94.4 Å². The van der Waals surface area contributed by atoms with Gasteiger partial charge in [0.05, 0.1) is 12.6 Å². The quantitative estimate of drug-likeness (QED) is 0.340. The van der Waals surface area contributed by atoms with Crippen molar-refractivity contribution >= 4 is 28.0 Å². The van der Waals surface area contributed by atoms with Crippen molar-refractivity contribution in [2.45, 2.75) is 32.9 Å². The first-order chi connectivity index (χ1) is 18.9. The molecular weight excluding hydrogens is 488 g/mol. The molecule has 0 aliphatic carbocycles. The highest BCUT2D eigenvalue weighted by molar-refractivity contribution is 6.02. The van der Waals surface area contributed by atoms with E-state index >= 15 is 0 Å². The number of nitrogens with zero attached hydrogens (tertiary/aromatic N) is 3. The van der Waals surface area contributed by atoms with Crippen molar-refractivity contribution in [1.82, 2.24) is 14.5 Å². The summed E-state index contributed by atoms with van der Waals surface area (Å²) in [5.41, 5.74) is 9.97. The van der Waals surface area contributed by atoms with Gasteiger partial charge >= 0.3 is 0 Å². The van der Waals surface area contributed by atoms with Gasteiger partial charge in [-0.3, -0.25) is 14.2 Å². The molecule has 7 nitrogen and oxygen atoms in total. The molecule has 2 N–H and O–H groups in total. The molecule has 198 valence electrons. The van der Waals surface area contributed by atoms with E-state index in [2.05, 4.69) is 6.92 Å². The number of aryl methyl sites for hydroxylation is 1. The number of para-hydroxylation sites is 1. The van der Waals surface area contributed by atoms with Crippen molar-refractivity contribution in [3.63, 3.8) is 0 Å². The van der Waals surface area contributed by atoms with Gasteiger partial charge in [-0.25, -0.2) is 4.98 Å². The number of hydrogen-bond donors (Lipinski definition) is 1. The maximum Gasteiger partial charge on any atom is 0.297 e. The summed E-state index contributed by atoms with van der Waals surface area (Å²) >= 11 is 0. The highest BCUT2D eigenvalue weighted by Gasteiger charge is 2.39. The van der Waals surface area contributed by atoms with Crippen LogP contribution in [-0.2, 0) is 6.54 Å². The van der Waals surface area contributed by atoms with E-state index in [-0.39, 0.29) is 28.9 Å². The van der Waals surface area contributed by atoms with Gasteiger partial charge in [-0.05, 0) is 61.6 Å². The number of fused-ring (bicyclic) bond motifs is 3. The summed E-state index contributed by atoms with van der Waals surface area (Å²) in [4.78, 5) is 35.0. The second-order valence-corrected chi connectivity index (χ2v) is 10.7. The first kappa shape index (κ1) is 25.1. The Balaban J connectivity index is 1.56. The molecule has 5 aromatic rings. The van der Waals surface area contributed by atoms with Crippen LogP contribution in [0.15, 0.2) is 88.1 Å². The van der Waals surface area contributed by atoms with Gasteiger partial charge in [0, 0.05) is 17.5 Å². The number of likely N-dealkylation sites (tertiary alicyclic amines) is 1. The summed E-state index contributed by atoms with van der Waals surface area (Å²) < 4.78 is 7.71. The molecule has 0 bridgehead atoms. The number of hydrogen-bond acceptors (Lipinski definition) is 5. The minimum absolute atomic E-state index is 0.0805. The smallest absolute Gasteiger partial charge is 0.297 e. The zero-order chi connectivity index (χ0) is 27.1. The minimum Gasteiger partial charge on any atom is -0.448 e. The lowest BCUT2D eigenvalue weighted by Gasteiger charge is -2.43. The van der Waals surface area contributed by atoms with Crippen LogP contribution in [0.1, 0.15) is 46.7 Å². The highest BCUT2D eigenvalue weighted by Crippen LogP contribution is 2.38. The second-order valence-electron chi connectivity index (χ2n) is 10.7. The molecule has 0 spiro atoms. The van der Waals surface area contributed by atoms with Gasteiger partial charge in [-0.1, -0.05) is 67.1 Å². The third-order valence-corrected chi connectivity index (χ3v) is 8.06. The standard InChI is InChI=1S/C32H32N4O3/c1-20-12-14-23(15-13-20)31(37)35-19-24(17-33)21(2)16-26(35)30-34-28-25-10-6-7-11-27(25)39-29(28)32(38)36(30)18-22-8-4-3-5-9-22/h3-15,21,24,26H,16-19,33H2,1-2H3. The van der Waals surface area contributed by atoms with Crippen LogP contribution >= 0.6 is 0 Å². The molecule has 1 amide bonds. The fraction of sp³-hybridized carbons (Fsp3) is 0.281. The molecule has 7 heteroatoms. The van der Waals surface area contributed by atoms with Gasteiger partial charge in [-0.2, -0.15) is 0 Å². The molecule has 3 heterocycles. The van der Waals surface area contributed by atoms with Crippen LogP contribution in [0.5, 0.6) is 0 Å². The minimum atomic E-state index is -0.397. The van der Waals surface area contributed by atoms with Crippen molar-refractivity contribution in [1.29, 1.82) is 0 Å². The van der Waals surface area contributed by atoms with Gasteiger partial charge in [0.1, 0.15) is 16.9 Å². The Morgan fingerprint density at radius 3 is 2.49 bits per heavy atom. The molecule has 1 fully saturated rings. The van der Waals surface area contributed by atoms with Crippen molar-refractivity contribution in [2.75, 3.05) is 13.1 Å². The van der Waals surface area contributed by atoms with Crippen LogP contribution < -0.4 is 11.3 Å². The number of furan rings is 1. The molecule has 1 saturated heterocycles. The average Bonchev–Trinajstić information content (AvgIpc) is 3.34. The molecule has 3 aromatic carbocycles. The van der Waals surface area contributed by atoms with Crippen molar-refractivity contribution < 1.29 is 9.21 Å². The van der Waals surface area contributed by atoms with E-state index in [4.69, 9.17) is 15.1 Å². The van der Waals surface area contributed by atoms with Gasteiger partial charge < -0.3 is 15.1 Å². The highest BCUT2D eigenvalue weighted by atomic mass is 16.3. The Morgan fingerprint density at radius 2 is 1.74 bits per heavy atom. The Kier molecular flexibility index (Phi) is 6.53. The summed E-state index contributed by atoms with van der Waals surface area (Å²) in [6.45, 7) is 5.48. The zero-order valence-electron chi connectivity index (χ0n) is 22.2. The molecule has 0 radical (unpaired) electrons. The third-order valence-electron chi connectivity index (χ3n) is 8.06. The number of rotatable bonds is 5. The molecule has 1 aliphatic heterocycles. The van der Waals surface area contributed by atoms with Crippen LogP contribution in [0.3, 0.4) is 0 Å². The first-order valence-corrected chi connectivity index (χ1v) is 13.5. The molecule has 3 unspecified atom stereocenters. The van der Waals surface area contributed by atoms with Crippen LogP contribution in [0.4, 0.5) is 0 Å². The Hall–Kier alpha value is -4.23. The Morgan fingerprint density at radius 1 is 1.03 bits per heavy atom. The molecule has 2 aromatic heterocycles. The van der Waals surface area contributed by atoms with E-state index in [0.29, 0.717) is 48.5 Å².